The van der Waals surface area contributed by atoms with Crippen molar-refractivity contribution in [2.45, 2.75) is 64.8 Å². The monoisotopic (exact) mass is 259 g/mol. The zero-order valence-electron chi connectivity index (χ0n) is 12.8. The molecule has 0 heterocycles. The van der Waals surface area contributed by atoms with Crippen LogP contribution in [0.3, 0.4) is 0 Å². The Kier molecular flexibility index (Phi) is 5.45. The zero-order chi connectivity index (χ0) is 13.7. The molecule has 0 saturated heterocycles. The number of rotatable bonds is 6. The van der Waals surface area contributed by atoms with E-state index in [2.05, 4.69) is 50.4 Å². The Hall–Kier alpha value is -0.820. The summed E-state index contributed by atoms with van der Waals surface area (Å²) in [5, 5.41) is 3.64. The summed E-state index contributed by atoms with van der Waals surface area (Å²) in [5.41, 5.74) is 2.92. The third-order valence-corrected chi connectivity index (χ3v) is 4.38. The highest BCUT2D eigenvalue weighted by atomic mass is 14.9. The predicted octanol–water partition coefficient (Wildman–Crippen LogP) is 4.66. The van der Waals surface area contributed by atoms with Crippen LogP contribution in [0.15, 0.2) is 24.3 Å². The van der Waals surface area contributed by atoms with Gasteiger partial charge in [0, 0.05) is 12.6 Å². The Morgan fingerprint density at radius 3 is 2.58 bits per heavy atom. The van der Waals surface area contributed by atoms with Crippen molar-refractivity contribution in [3.05, 3.63) is 35.4 Å². The van der Waals surface area contributed by atoms with Crippen molar-refractivity contribution >= 4 is 0 Å². The van der Waals surface area contributed by atoms with Crippen LogP contribution in [0, 0.1) is 12.8 Å². The molecule has 1 N–H and O–H groups in total. The summed E-state index contributed by atoms with van der Waals surface area (Å²) < 4.78 is 0. The van der Waals surface area contributed by atoms with Crippen LogP contribution in [-0.4, -0.2) is 12.6 Å². The number of aryl methyl sites for hydroxylation is 1. The first kappa shape index (κ1) is 14.6. The summed E-state index contributed by atoms with van der Waals surface area (Å²) in [7, 11) is 0. The molecule has 1 aliphatic carbocycles. The van der Waals surface area contributed by atoms with E-state index >= 15 is 0 Å². The molecule has 106 valence electrons. The van der Waals surface area contributed by atoms with E-state index in [9.17, 15) is 0 Å². The van der Waals surface area contributed by atoms with Crippen molar-refractivity contribution in [1.82, 2.24) is 5.32 Å². The Balaban J connectivity index is 2.03. The van der Waals surface area contributed by atoms with Crippen molar-refractivity contribution in [2.24, 2.45) is 5.92 Å². The topological polar surface area (TPSA) is 12.0 Å². The van der Waals surface area contributed by atoms with Crippen LogP contribution in [0.1, 0.15) is 63.0 Å². The first-order valence-corrected chi connectivity index (χ1v) is 7.95. The molecule has 0 bridgehead atoms. The summed E-state index contributed by atoms with van der Waals surface area (Å²) in [6.45, 7) is 7.80. The van der Waals surface area contributed by atoms with Crippen molar-refractivity contribution in [3.8, 4) is 0 Å². The molecule has 1 unspecified atom stereocenters. The van der Waals surface area contributed by atoms with Gasteiger partial charge in [0.1, 0.15) is 0 Å². The van der Waals surface area contributed by atoms with Gasteiger partial charge in [-0.3, -0.25) is 0 Å². The Morgan fingerprint density at radius 1 is 1.21 bits per heavy atom. The molecule has 1 nitrogen and oxygen atoms in total. The largest absolute Gasteiger partial charge is 0.314 e. The predicted molar refractivity (Wildman–Crippen MR) is 83.6 cm³/mol. The second kappa shape index (κ2) is 7.09. The van der Waals surface area contributed by atoms with Gasteiger partial charge in [0.05, 0.1) is 0 Å². The van der Waals surface area contributed by atoms with Crippen LogP contribution in [0.25, 0.3) is 0 Å². The van der Waals surface area contributed by atoms with Gasteiger partial charge in [-0.05, 0) is 30.7 Å². The minimum Gasteiger partial charge on any atom is -0.314 e. The molecule has 1 fully saturated rings. The molecule has 0 aromatic heterocycles. The molecular weight excluding hydrogens is 230 g/mol. The molecule has 0 amide bonds. The van der Waals surface area contributed by atoms with Crippen molar-refractivity contribution < 1.29 is 0 Å². The fraction of sp³-hybridized carbons (Fsp3) is 0.667. The average molecular weight is 259 g/mol. The Bertz CT molecular complexity index is 377. The second-order valence-corrected chi connectivity index (χ2v) is 6.56. The van der Waals surface area contributed by atoms with Gasteiger partial charge in [0.2, 0.25) is 0 Å². The highest BCUT2D eigenvalue weighted by Crippen LogP contribution is 2.34. The van der Waals surface area contributed by atoms with Gasteiger partial charge in [-0.15, -0.1) is 0 Å². The van der Waals surface area contributed by atoms with Gasteiger partial charge in [0.25, 0.3) is 0 Å². The van der Waals surface area contributed by atoms with Crippen LogP contribution in [0.4, 0.5) is 0 Å². The molecule has 0 spiro atoms. The van der Waals surface area contributed by atoms with E-state index in [0.29, 0.717) is 12.0 Å². The lowest BCUT2D eigenvalue weighted by Gasteiger charge is -2.23. The molecule has 1 heteroatoms. The summed E-state index contributed by atoms with van der Waals surface area (Å²) in [4.78, 5) is 0. The van der Waals surface area contributed by atoms with Crippen LogP contribution in [0.2, 0.25) is 0 Å². The fourth-order valence-corrected chi connectivity index (χ4v) is 3.29. The third-order valence-electron chi connectivity index (χ3n) is 4.38. The normalized spacial score (nSPS) is 18.1. The standard InChI is InChI=1S/C18H29N/c1-14(2)19-13-18(12-16-8-4-5-9-16)17-10-6-7-15(3)11-17/h6-7,10-11,14,16,18-19H,4-5,8-9,12-13H2,1-3H3. The van der Waals surface area contributed by atoms with E-state index < -0.39 is 0 Å². The highest BCUT2D eigenvalue weighted by Gasteiger charge is 2.21. The minimum absolute atomic E-state index is 0.580. The first-order valence-electron chi connectivity index (χ1n) is 7.95. The van der Waals surface area contributed by atoms with E-state index in [1.165, 1.54) is 43.2 Å². The maximum Gasteiger partial charge on any atom is 0.00226 e. The molecule has 19 heavy (non-hydrogen) atoms. The molecule has 1 saturated carbocycles. The highest BCUT2D eigenvalue weighted by molar-refractivity contribution is 5.26. The van der Waals surface area contributed by atoms with Gasteiger partial charge in [0.15, 0.2) is 0 Å². The lowest BCUT2D eigenvalue weighted by atomic mass is 9.87. The fourth-order valence-electron chi connectivity index (χ4n) is 3.29. The lowest BCUT2D eigenvalue weighted by Crippen LogP contribution is -2.28. The van der Waals surface area contributed by atoms with E-state index in [1.807, 2.05) is 0 Å². The van der Waals surface area contributed by atoms with Gasteiger partial charge in [-0.2, -0.15) is 0 Å². The average Bonchev–Trinajstić information content (AvgIpc) is 2.87. The quantitative estimate of drug-likeness (QED) is 0.783. The lowest BCUT2D eigenvalue weighted by molar-refractivity contribution is 0.416. The molecule has 1 aliphatic rings. The second-order valence-electron chi connectivity index (χ2n) is 6.56. The van der Waals surface area contributed by atoms with Gasteiger partial charge >= 0.3 is 0 Å². The van der Waals surface area contributed by atoms with Crippen molar-refractivity contribution in [2.75, 3.05) is 6.54 Å². The summed E-state index contributed by atoms with van der Waals surface area (Å²) in [6.07, 6.45) is 7.16. The van der Waals surface area contributed by atoms with Gasteiger partial charge < -0.3 is 5.32 Å². The van der Waals surface area contributed by atoms with Crippen LogP contribution in [0.5, 0.6) is 0 Å². The van der Waals surface area contributed by atoms with E-state index in [0.717, 1.165) is 12.5 Å². The SMILES string of the molecule is Cc1cccc(C(CNC(C)C)CC2CCCC2)c1. The number of hydrogen-bond donors (Lipinski definition) is 1. The molecule has 2 rings (SSSR count). The number of hydrogen-bond acceptors (Lipinski definition) is 1. The molecular formula is C18H29N. The van der Waals surface area contributed by atoms with Crippen LogP contribution in [-0.2, 0) is 0 Å². The number of nitrogens with one attached hydrogen (secondary N) is 1. The Morgan fingerprint density at radius 2 is 1.95 bits per heavy atom. The van der Waals surface area contributed by atoms with Gasteiger partial charge in [-0.1, -0.05) is 69.4 Å². The maximum atomic E-state index is 3.64. The van der Waals surface area contributed by atoms with Crippen molar-refractivity contribution in [1.29, 1.82) is 0 Å². The molecule has 1 aromatic carbocycles. The Labute approximate surface area is 118 Å². The van der Waals surface area contributed by atoms with E-state index in [1.54, 1.807) is 0 Å². The zero-order valence-corrected chi connectivity index (χ0v) is 12.8. The molecule has 0 radical (unpaired) electrons. The van der Waals surface area contributed by atoms with Crippen LogP contribution >= 0.6 is 0 Å². The van der Waals surface area contributed by atoms with Crippen LogP contribution < -0.4 is 5.32 Å². The first-order chi connectivity index (χ1) is 9.15. The summed E-state index contributed by atoms with van der Waals surface area (Å²) in [6, 6.07) is 9.68. The van der Waals surface area contributed by atoms with E-state index in [-0.39, 0.29) is 0 Å². The maximum absolute atomic E-state index is 3.64. The summed E-state index contributed by atoms with van der Waals surface area (Å²) >= 11 is 0. The van der Waals surface area contributed by atoms with Gasteiger partial charge in [-0.25, -0.2) is 0 Å². The molecule has 0 aliphatic heterocycles. The molecule has 1 aromatic rings. The molecule has 1 atom stereocenters. The number of benzene rings is 1. The third kappa shape index (κ3) is 4.65. The smallest absolute Gasteiger partial charge is 0.00226 e. The van der Waals surface area contributed by atoms with E-state index in [4.69, 9.17) is 0 Å². The summed E-state index contributed by atoms with van der Waals surface area (Å²) in [5.74, 6) is 1.64. The van der Waals surface area contributed by atoms with Crippen molar-refractivity contribution in [3.63, 3.8) is 0 Å². The minimum atomic E-state index is 0.580.